The van der Waals surface area contributed by atoms with E-state index in [1.165, 1.54) is 0 Å². The molecule has 0 radical (unpaired) electrons. The second-order valence-corrected chi connectivity index (χ2v) is 4.21. The fourth-order valence-electron chi connectivity index (χ4n) is 1.58. The third-order valence-corrected chi connectivity index (χ3v) is 2.88. The number of methoxy groups -OCH3 is 1. The minimum atomic E-state index is -0.925. The molecule has 5 nitrogen and oxygen atoms in total. The molecule has 2 rings (SSSR count). The molecule has 1 heterocycles. The molecule has 1 atom stereocenters. The van der Waals surface area contributed by atoms with Crippen LogP contribution >= 0.6 is 11.6 Å². The van der Waals surface area contributed by atoms with Crippen LogP contribution in [0.2, 0.25) is 5.02 Å². The fraction of sp³-hybridized carbons (Fsp3) is 0.333. The summed E-state index contributed by atoms with van der Waals surface area (Å²) in [5.41, 5.74) is 0.594. The van der Waals surface area contributed by atoms with Gasteiger partial charge in [0.1, 0.15) is 11.9 Å². The van der Waals surface area contributed by atoms with Crippen molar-refractivity contribution in [3.63, 3.8) is 0 Å². The van der Waals surface area contributed by atoms with Crippen molar-refractivity contribution in [2.75, 3.05) is 13.7 Å². The van der Waals surface area contributed by atoms with Gasteiger partial charge in [0.2, 0.25) is 0 Å². The first-order valence-electron chi connectivity index (χ1n) is 5.55. The predicted octanol–water partition coefficient (Wildman–Crippen LogP) is 1.73. The van der Waals surface area contributed by atoms with E-state index in [1.54, 1.807) is 25.3 Å². The van der Waals surface area contributed by atoms with Crippen LogP contribution < -0.4 is 0 Å². The van der Waals surface area contributed by atoms with Crippen LogP contribution in [0.3, 0.4) is 0 Å². The molecule has 1 aromatic carbocycles. The zero-order valence-corrected chi connectivity index (χ0v) is 10.7. The molecule has 0 saturated heterocycles. The van der Waals surface area contributed by atoms with E-state index in [4.69, 9.17) is 16.3 Å². The highest BCUT2D eigenvalue weighted by Gasteiger charge is 2.18. The van der Waals surface area contributed by atoms with Crippen LogP contribution in [0.5, 0.6) is 0 Å². The number of benzene rings is 1. The summed E-state index contributed by atoms with van der Waals surface area (Å²) in [6.07, 6.45) is -0.301. The van der Waals surface area contributed by atoms with Crippen LogP contribution in [0.15, 0.2) is 24.3 Å². The minimum absolute atomic E-state index is 0.314. The average molecular weight is 268 g/mol. The molecule has 2 N–H and O–H groups in total. The quantitative estimate of drug-likeness (QED) is 0.865. The zero-order chi connectivity index (χ0) is 13.0. The Hall–Kier alpha value is -1.43. The predicted molar refractivity (Wildman–Crippen MR) is 67.5 cm³/mol. The lowest BCUT2D eigenvalue weighted by molar-refractivity contribution is 0.200. The molecule has 0 saturated carbocycles. The van der Waals surface area contributed by atoms with E-state index < -0.39 is 6.10 Å². The number of hydrogen-bond donors (Lipinski definition) is 2. The molecule has 6 heteroatoms. The van der Waals surface area contributed by atoms with E-state index in [1.807, 2.05) is 6.07 Å². The van der Waals surface area contributed by atoms with E-state index in [0.717, 1.165) is 0 Å². The van der Waals surface area contributed by atoms with Crippen LogP contribution in [0, 0.1) is 0 Å². The van der Waals surface area contributed by atoms with Crippen LogP contribution in [0.1, 0.15) is 23.3 Å². The lowest BCUT2D eigenvalue weighted by atomic mass is 10.1. The number of hydrogen-bond acceptors (Lipinski definition) is 4. The molecule has 2 aromatic rings. The van der Waals surface area contributed by atoms with E-state index in [9.17, 15) is 5.11 Å². The van der Waals surface area contributed by atoms with Crippen LogP contribution in [-0.2, 0) is 11.2 Å². The normalized spacial score (nSPS) is 12.6. The molecule has 1 aromatic heterocycles. The highest BCUT2D eigenvalue weighted by atomic mass is 35.5. The summed E-state index contributed by atoms with van der Waals surface area (Å²) in [5.74, 6) is 0.993. The van der Waals surface area contributed by atoms with Gasteiger partial charge in [-0.2, -0.15) is 5.10 Å². The summed E-state index contributed by atoms with van der Waals surface area (Å²) in [4.78, 5) is 4.21. The standard InChI is InChI=1S/C12H14ClN3O2/c1-18-7-6-10-14-12(16-15-10)11(17)8-4-2-3-5-9(8)13/h2-5,11,17H,6-7H2,1H3,(H,14,15,16)/t11-/m0/s1. The molecular formula is C12H14ClN3O2. The van der Waals surface area contributed by atoms with Crippen LogP contribution in [0.25, 0.3) is 0 Å². The molecule has 0 unspecified atom stereocenters. The van der Waals surface area contributed by atoms with Gasteiger partial charge < -0.3 is 9.84 Å². The zero-order valence-electron chi connectivity index (χ0n) is 9.93. The Bertz CT molecular complexity index is 516. The third-order valence-electron chi connectivity index (χ3n) is 2.54. The van der Waals surface area contributed by atoms with E-state index in [0.29, 0.717) is 35.3 Å². The highest BCUT2D eigenvalue weighted by molar-refractivity contribution is 6.31. The number of ether oxygens (including phenoxy) is 1. The van der Waals surface area contributed by atoms with Gasteiger partial charge in [-0.1, -0.05) is 29.8 Å². The lowest BCUT2D eigenvalue weighted by Gasteiger charge is -2.08. The summed E-state index contributed by atoms with van der Waals surface area (Å²) in [5, 5.41) is 17.4. The lowest BCUT2D eigenvalue weighted by Crippen LogP contribution is -2.03. The first-order valence-corrected chi connectivity index (χ1v) is 5.92. The van der Waals surface area contributed by atoms with Crippen molar-refractivity contribution in [2.45, 2.75) is 12.5 Å². The molecule has 0 bridgehead atoms. The van der Waals surface area contributed by atoms with Crippen molar-refractivity contribution in [1.82, 2.24) is 15.2 Å². The molecule has 0 aliphatic heterocycles. The first kappa shape index (κ1) is 13.0. The fourth-order valence-corrected chi connectivity index (χ4v) is 1.82. The number of rotatable bonds is 5. The van der Waals surface area contributed by atoms with E-state index in [-0.39, 0.29) is 0 Å². The number of aromatic nitrogens is 3. The van der Waals surface area contributed by atoms with Crippen molar-refractivity contribution in [1.29, 1.82) is 0 Å². The van der Waals surface area contributed by atoms with Crippen molar-refractivity contribution < 1.29 is 9.84 Å². The van der Waals surface area contributed by atoms with Crippen LogP contribution in [-0.4, -0.2) is 34.0 Å². The van der Waals surface area contributed by atoms with Crippen molar-refractivity contribution in [3.05, 3.63) is 46.5 Å². The van der Waals surface area contributed by atoms with Gasteiger partial charge in [-0.3, -0.25) is 5.10 Å². The maximum Gasteiger partial charge on any atom is 0.183 e. The molecule has 0 amide bonds. The maximum atomic E-state index is 10.2. The number of nitrogens with zero attached hydrogens (tertiary/aromatic N) is 2. The summed E-state index contributed by atoms with van der Waals surface area (Å²) < 4.78 is 4.95. The van der Waals surface area contributed by atoms with E-state index >= 15 is 0 Å². The Morgan fingerprint density at radius 3 is 2.94 bits per heavy atom. The average Bonchev–Trinajstić information content (AvgIpc) is 2.85. The Balaban J connectivity index is 2.16. The number of H-pyrrole nitrogens is 1. The second kappa shape index (κ2) is 5.95. The van der Waals surface area contributed by atoms with Gasteiger partial charge in [-0.05, 0) is 6.07 Å². The highest BCUT2D eigenvalue weighted by Crippen LogP contribution is 2.25. The van der Waals surface area contributed by atoms with Gasteiger partial charge in [0.25, 0.3) is 0 Å². The Labute approximate surface area is 110 Å². The number of aliphatic hydroxyl groups is 1. The SMILES string of the molecule is COCCc1nc([C@@H](O)c2ccccc2Cl)n[nH]1. The number of aromatic amines is 1. The molecule has 0 fully saturated rings. The number of halogens is 1. The van der Waals surface area contributed by atoms with Crippen molar-refractivity contribution >= 4 is 11.6 Å². The molecule has 18 heavy (non-hydrogen) atoms. The smallest absolute Gasteiger partial charge is 0.183 e. The Morgan fingerprint density at radius 1 is 1.44 bits per heavy atom. The summed E-state index contributed by atoms with van der Waals surface area (Å²) in [7, 11) is 1.62. The largest absolute Gasteiger partial charge is 0.384 e. The third kappa shape index (κ3) is 2.87. The molecule has 0 spiro atoms. The van der Waals surface area contributed by atoms with E-state index in [2.05, 4.69) is 15.2 Å². The Kier molecular flexibility index (Phi) is 4.30. The summed E-state index contributed by atoms with van der Waals surface area (Å²) >= 11 is 6.01. The monoisotopic (exact) mass is 267 g/mol. The Morgan fingerprint density at radius 2 is 2.22 bits per heavy atom. The number of aliphatic hydroxyl groups excluding tert-OH is 1. The second-order valence-electron chi connectivity index (χ2n) is 3.81. The summed E-state index contributed by atoms with van der Waals surface area (Å²) in [6.45, 7) is 0.552. The van der Waals surface area contributed by atoms with Gasteiger partial charge >= 0.3 is 0 Å². The van der Waals surface area contributed by atoms with Crippen molar-refractivity contribution in [3.8, 4) is 0 Å². The molecule has 96 valence electrons. The summed E-state index contributed by atoms with van der Waals surface area (Å²) in [6, 6.07) is 7.08. The minimum Gasteiger partial charge on any atom is -0.384 e. The first-order chi connectivity index (χ1) is 8.72. The molecular weight excluding hydrogens is 254 g/mol. The molecule has 0 aliphatic rings. The van der Waals surface area contributed by atoms with Crippen molar-refractivity contribution in [2.24, 2.45) is 0 Å². The number of nitrogens with one attached hydrogen (secondary N) is 1. The topological polar surface area (TPSA) is 71.0 Å². The van der Waals surface area contributed by atoms with Gasteiger partial charge in [-0.15, -0.1) is 0 Å². The van der Waals surface area contributed by atoms with Crippen LogP contribution in [0.4, 0.5) is 0 Å². The van der Waals surface area contributed by atoms with Gasteiger partial charge in [0, 0.05) is 24.1 Å². The maximum absolute atomic E-state index is 10.2. The van der Waals surface area contributed by atoms with Gasteiger partial charge in [0.15, 0.2) is 5.82 Å². The van der Waals surface area contributed by atoms with Gasteiger partial charge in [-0.25, -0.2) is 4.98 Å². The molecule has 0 aliphatic carbocycles. The van der Waals surface area contributed by atoms with Gasteiger partial charge in [0.05, 0.1) is 6.61 Å².